The predicted molar refractivity (Wildman–Crippen MR) is 134 cm³/mol. The third-order valence-corrected chi connectivity index (χ3v) is 6.08. The van der Waals surface area contributed by atoms with E-state index in [0.717, 1.165) is 10.5 Å². The van der Waals surface area contributed by atoms with Gasteiger partial charge in [-0.2, -0.15) is 0 Å². The molecule has 4 amide bonds. The molecule has 3 aromatic carbocycles. The molecule has 8 nitrogen and oxygen atoms in total. The molecule has 178 valence electrons. The lowest BCUT2D eigenvalue weighted by Crippen LogP contribution is -2.70. The van der Waals surface area contributed by atoms with Crippen molar-refractivity contribution in [3.8, 4) is 11.5 Å². The van der Waals surface area contributed by atoms with Gasteiger partial charge in [0.15, 0.2) is 17.3 Å². The van der Waals surface area contributed by atoms with Crippen LogP contribution in [0.25, 0.3) is 6.08 Å². The number of carbonyl (C=O) groups excluding carboxylic acids is 2. The Balaban J connectivity index is 1.51. The number of carbonyl (C=O) groups is 2. The molecule has 36 heavy (non-hydrogen) atoms. The van der Waals surface area contributed by atoms with Crippen LogP contribution in [0.3, 0.4) is 0 Å². The van der Waals surface area contributed by atoms with E-state index in [2.05, 4.69) is 5.32 Å². The first-order valence-electron chi connectivity index (χ1n) is 11.4. The summed E-state index contributed by atoms with van der Waals surface area (Å²) >= 11 is 0. The highest BCUT2D eigenvalue weighted by Crippen LogP contribution is 2.39. The lowest BCUT2D eigenvalue weighted by Gasteiger charge is -2.47. The van der Waals surface area contributed by atoms with Crippen molar-refractivity contribution in [3.63, 3.8) is 0 Å². The summed E-state index contributed by atoms with van der Waals surface area (Å²) in [5.74, 6) is 1.67. The van der Waals surface area contributed by atoms with E-state index in [9.17, 15) is 9.59 Å². The van der Waals surface area contributed by atoms with Gasteiger partial charge >= 0.3 is 12.1 Å². The molecular formula is C28H21N3O5. The molecule has 0 radical (unpaired) electrons. The molecule has 0 spiro atoms. The zero-order valence-corrected chi connectivity index (χ0v) is 19.0. The first-order chi connectivity index (χ1) is 17.7. The number of fused-ring (bicyclic) bond motifs is 1. The average Bonchev–Trinajstić information content (AvgIpc) is 3.61. The third kappa shape index (κ3) is 3.56. The second-order valence-electron chi connectivity index (χ2n) is 8.24. The number of nitrogens with one attached hydrogen (secondary N) is 1. The van der Waals surface area contributed by atoms with Gasteiger partial charge < -0.3 is 19.2 Å². The van der Waals surface area contributed by atoms with Crippen molar-refractivity contribution >= 4 is 29.5 Å². The molecule has 6 rings (SSSR count). The Morgan fingerprint density at radius 2 is 1.53 bits per heavy atom. The molecule has 1 saturated heterocycles. The molecule has 2 aliphatic heterocycles. The van der Waals surface area contributed by atoms with E-state index < -0.39 is 17.7 Å². The van der Waals surface area contributed by atoms with E-state index in [1.807, 2.05) is 60.7 Å². The highest BCUT2D eigenvalue weighted by Gasteiger charge is 2.52. The van der Waals surface area contributed by atoms with E-state index in [4.69, 9.17) is 13.9 Å². The number of benzene rings is 3. The van der Waals surface area contributed by atoms with Gasteiger partial charge in [-0.1, -0.05) is 48.5 Å². The Labute approximate surface area is 207 Å². The SMILES string of the molecule is O=C1NC(/C=C/c2ccc3c(c2)OCO3)(c2ccco2)N(c2ccccc2)C(=O)N1c1ccccc1. The fraction of sp³-hybridized carbons (Fsp3) is 0.0714. The highest BCUT2D eigenvalue weighted by atomic mass is 16.7. The van der Waals surface area contributed by atoms with Crippen LogP contribution in [0, 0.1) is 0 Å². The number of imide groups is 1. The number of hydrogen-bond donors (Lipinski definition) is 1. The van der Waals surface area contributed by atoms with Crippen LogP contribution in [0.15, 0.2) is 108 Å². The van der Waals surface area contributed by atoms with Crippen LogP contribution in [-0.2, 0) is 5.66 Å². The molecule has 1 N–H and O–H groups in total. The van der Waals surface area contributed by atoms with Crippen molar-refractivity contribution < 1.29 is 23.5 Å². The Hall–Kier alpha value is -4.98. The Morgan fingerprint density at radius 3 is 2.25 bits per heavy atom. The van der Waals surface area contributed by atoms with Crippen LogP contribution in [-0.4, -0.2) is 18.9 Å². The Morgan fingerprint density at radius 1 is 0.806 bits per heavy atom. The van der Waals surface area contributed by atoms with Gasteiger partial charge in [-0.3, -0.25) is 4.90 Å². The van der Waals surface area contributed by atoms with Crippen LogP contribution >= 0.6 is 0 Å². The monoisotopic (exact) mass is 479 g/mol. The number of urea groups is 2. The maximum Gasteiger partial charge on any atom is 0.339 e. The fourth-order valence-electron chi connectivity index (χ4n) is 4.41. The maximum atomic E-state index is 14.1. The van der Waals surface area contributed by atoms with Crippen LogP contribution < -0.4 is 24.6 Å². The van der Waals surface area contributed by atoms with Crippen molar-refractivity contribution in [2.75, 3.05) is 16.6 Å². The molecule has 2 aliphatic rings. The Bertz CT molecular complexity index is 1440. The van der Waals surface area contributed by atoms with Crippen LogP contribution in [0.5, 0.6) is 11.5 Å². The zero-order valence-electron chi connectivity index (χ0n) is 19.0. The first kappa shape index (κ1) is 21.5. The molecule has 1 atom stereocenters. The van der Waals surface area contributed by atoms with Gasteiger partial charge in [0.25, 0.3) is 0 Å². The highest BCUT2D eigenvalue weighted by molar-refractivity contribution is 6.22. The molecule has 4 aromatic rings. The average molecular weight is 479 g/mol. The van der Waals surface area contributed by atoms with Crippen molar-refractivity contribution in [2.45, 2.75) is 5.66 Å². The molecule has 0 bridgehead atoms. The van der Waals surface area contributed by atoms with Crippen molar-refractivity contribution in [1.29, 1.82) is 0 Å². The van der Waals surface area contributed by atoms with E-state index in [-0.39, 0.29) is 6.79 Å². The van der Waals surface area contributed by atoms with Gasteiger partial charge in [-0.15, -0.1) is 0 Å². The number of nitrogens with zero attached hydrogens (tertiary/aromatic N) is 2. The van der Waals surface area contributed by atoms with E-state index in [0.29, 0.717) is 28.6 Å². The van der Waals surface area contributed by atoms with Crippen molar-refractivity contribution in [3.05, 3.63) is 115 Å². The van der Waals surface area contributed by atoms with Crippen LogP contribution in [0.2, 0.25) is 0 Å². The number of hydrogen-bond acceptors (Lipinski definition) is 5. The summed E-state index contributed by atoms with van der Waals surface area (Å²) in [5.41, 5.74) is 0.384. The topological polar surface area (TPSA) is 84.2 Å². The predicted octanol–water partition coefficient (Wildman–Crippen LogP) is 5.73. The van der Waals surface area contributed by atoms with Gasteiger partial charge in [0.2, 0.25) is 12.5 Å². The van der Waals surface area contributed by atoms with Gasteiger partial charge in [0, 0.05) is 5.69 Å². The lowest BCUT2D eigenvalue weighted by molar-refractivity contribution is 0.174. The van der Waals surface area contributed by atoms with E-state index in [1.165, 1.54) is 11.2 Å². The van der Waals surface area contributed by atoms with Gasteiger partial charge in [0.05, 0.1) is 12.0 Å². The second kappa shape index (κ2) is 8.66. The number of furan rings is 1. The summed E-state index contributed by atoms with van der Waals surface area (Å²) in [7, 11) is 0. The summed E-state index contributed by atoms with van der Waals surface area (Å²) < 4.78 is 16.7. The smallest absolute Gasteiger partial charge is 0.339 e. The summed E-state index contributed by atoms with van der Waals surface area (Å²) in [6.07, 6.45) is 5.07. The van der Waals surface area contributed by atoms with Crippen LogP contribution in [0.4, 0.5) is 21.0 Å². The van der Waals surface area contributed by atoms with Gasteiger partial charge in [-0.05, 0) is 60.2 Å². The molecule has 1 aromatic heterocycles. The van der Waals surface area contributed by atoms with Crippen molar-refractivity contribution in [2.24, 2.45) is 0 Å². The third-order valence-electron chi connectivity index (χ3n) is 6.08. The number of para-hydroxylation sites is 2. The quantitative estimate of drug-likeness (QED) is 0.395. The summed E-state index contributed by atoms with van der Waals surface area (Å²) in [6, 6.07) is 25.8. The molecule has 1 fully saturated rings. The summed E-state index contributed by atoms with van der Waals surface area (Å²) in [6.45, 7) is 0.167. The minimum Gasteiger partial charge on any atom is -0.464 e. The lowest BCUT2D eigenvalue weighted by atomic mass is 9.99. The largest absolute Gasteiger partial charge is 0.464 e. The fourth-order valence-corrected chi connectivity index (χ4v) is 4.41. The summed E-state index contributed by atoms with van der Waals surface area (Å²) in [4.78, 5) is 30.2. The molecule has 0 aliphatic carbocycles. The molecule has 3 heterocycles. The van der Waals surface area contributed by atoms with E-state index in [1.54, 1.807) is 42.5 Å². The standard InChI is InChI=1S/C28H21N3O5/c32-26-29-28(25-12-7-17-34-25,16-15-20-13-14-23-24(18-20)36-19-35-23)31(22-10-5-2-6-11-22)27(33)30(26)21-8-3-1-4-9-21/h1-18H,19H2,(H,29,32)/b16-15+. The number of amides is 4. The Kier molecular flexibility index (Phi) is 5.19. The van der Waals surface area contributed by atoms with Crippen LogP contribution in [0.1, 0.15) is 11.3 Å². The van der Waals surface area contributed by atoms with E-state index >= 15 is 0 Å². The molecular weight excluding hydrogens is 458 g/mol. The number of anilines is 2. The molecule has 8 heteroatoms. The van der Waals surface area contributed by atoms with Crippen molar-refractivity contribution in [1.82, 2.24) is 5.32 Å². The first-order valence-corrected chi connectivity index (χ1v) is 11.4. The number of rotatable bonds is 5. The normalized spacial score (nSPS) is 19.1. The maximum absolute atomic E-state index is 14.1. The summed E-state index contributed by atoms with van der Waals surface area (Å²) in [5, 5.41) is 3.04. The number of ether oxygens (including phenoxy) is 2. The second-order valence-corrected chi connectivity index (χ2v) is 8.24. The minimum atomic E-state index is -1.44. The minimum absolute atomic E-state index is 0.167. The molecule has 1 unspecified atom stereocenters. The van der Waals surface area contributed by atoms with Gasteiger partial charge in [0.1, 0.15) is 0 Å². The molecule has 0 saturated carbocycles. The zero-order chi connectivity index (χ0) is 24.5. The van der Waals surface area contributed by atoms with Gasteiger partial charge in [-0.25, -0.2) is 14.5 Å².